The van der Waals surface area contributed by atoms with Gasteiger partial charge in [0.1, 0.15) is 0 Å². The van der Waals surface area contributed by atoms with Gasteiger partial charge in [-0.2, -0.15) is 15.0 Å². The molecule has 2 heterocycles. The fourth-order valence-electron chi connectivity index (χ4n) is 3.14. The number of anilines is 4. The number of hydrogen-bond acceptors (Lipinski definition) is 9. The summed E-state index contributed by atoms with van der Waals surface area (Å²) in [7, 11) is 0. The molecule has 0 unspecified atom stereocenters. The molecule has 1 amide bonds. The predicted molar refractivity (Wildman–Crippen MR) is 128 cm³/mol. The number of thioether (sulfide) groups is 1. The van der Waals surface area contributed by atoms with Crippen molar-refractivity contribution in [1.82, 2.24) is 15.0 Å². The van der Waals surface area contributed by atoms with Crippen molar-refractivity contribution in [1.29, 1.82) is 0 Å². The number of ketones is 1. The van der Waals surface area contributed by atoms with Crippen LogP contribution < -0.4 is 15.5 Å². The summed E-state index contributed by atoms with van der Waals surface area (Å²) in [4.78, 5) is 39.5. The summed E-state index contributed by atoms with van der Waals surface area (Å²) in [5.41, 5.74) is 2.09. The van der Waals surface area contributed by atoms with Crippen LogP contribution in [0.15, 0.2) is 59.8 Å². The van der Waals surface area contributed by atoms with Crippen molar-refractivity contribution >= 4 is 46.7 Å². The van der Waals surface area contributed by atoms with E-state index in [9.17, 15) is 9.59 Å². The summed E-state index contributed by atoms with van der Waals surface area (Å²) < 4.78 is 5.43. The lowest BCUT2D eigenvalue weighted by Gasteiger charge is -2.27. The zero-order valence-electron chi connectivity index (χ0n) is 18.2. The van der Waals surface area contributed by atoms with Crippen LogP contribution in [0.2, 0.25) is 0 Å². The molecule has 0 atom stereocenters. The average Bonchev–Trinajstić information content (AvgIpc) is 2.84. The lowest BCUT2D eigenvalue weighted by molar-refractivity contribution is -0.113. The number of rotatable bonds is 8. The fraction of sp³-hybridized carbons (Fsp3) is 0.261. The lowest BCUT2D eigenvalue weighted by atomic mass is 10.1. The highest BCUT2D eigenvalue weighted by Gasteiger charge is 2.17. The van der Waals surface area contributed by atoms with E-state index in [4.69, 9.17) is 4.74 Å². The zero-order chi connectivity index (χ0) is 23.0. The number of para-hydroxylation sites is 1. The number of ether oxygens (including phenoxy) is 1. The van der Waals surface area contributed by atoms with Gasteiger partial charge in [0.05, 0.1) is 19.0 Å². The van der Waals surface area contributed by atoms with Crippen molar-refractivity contribution in [2.75, 3.05) is 47.6 Å². The largest absolute Gasteiger partial charge is 0.378 e. The van der Waals surface area contributed by atoms with Gasteiger partial charge in [0.2, 0.25) is 17.8 Å². The smallest absolute Gasteiger partial charge is 0.234 e. The number of Topliss-reactive ketones (excluding diaryl/α,β-unsaturated/α-hetero) is 1. The third-order valence-electron chi connectivity index (χ3n) is 4.83. The predicted octanol–water partition coefficient (Wildman–Crippen LogP) is 3.39. The van der Waals surface area contributed by atoms with E-state index in [1.54, 1.807) is 24.3 Å². The van der Waals surface area contributed by atoms with E-state index < -0.39 is 0 Å². The van der Waals surface area contributed by atoms with Crippen molar-refractivity contribution in [3.05, 3.63) is 60.2 Å². The SMILES string of the molecule is CC(=O)c1ccc(NC(=O)CSc2nc(Nc3ccccc3)nc(N3CCOCC3)n2)cc1. The van der Waals surface area contributed by atoms with E-state index in [2.05, 4.69) is 25.6 Å². The maximum Gasteiger partial charge on any atom is 0.234 e. The average molecular weight is 465 g/mol. The molecule has 10 heteroatoms. The Labute approximate surface area is 196 Å². The van der Waals surface area contributed by atoms with Crippen molar-refractivity contribution in [2.45, 2.75) is 12.1 Å². The molecule has 2 aromatic carbocycles. The molecule has 33 heavy (non-hydrogen) atoms. The van der Waals surface area contributed by atoms with Gasteiger partial charge >= 0.3 is 0 Å². The normalized spacial score (nSPS) is 13.4. The van der Waals surface area contributed by atoms with Crippen LogP contribution >= 0.6 is 11.8 Å². The highest BCUT2D eigenvalue weighted by molar-refractivity contribution is 7.99. The van der Waals surface area contributed by atoms with E-state index in [1.807, 2.05) is 35.2 Å². The van der Waals surface area contributed by atoms with Gasteiger partial charge in [0.25, 0.3) is 0 Å². The second kappa shape index (κ2) is 10.9. The number of nitrogens with one attached hydrogen (secondary N) is 2. The Morgan fingerprint density at radius 1 is 0.970 bits per heavy atom. The third kappa shape index (κ3) is 6.50. The van der Waals surface area contributed by atoms with Gasteiger partial charge in [0.15, 0.2) is 10.9 Å². The Bertz CT molecular complexity index is 1100. The summed E-state index contributed by atoms with van der Waals surface area (Å²) in [6, 6.07) is 16.4. The second-order valence-electron chi connectivity index (χ2n) is 7.30. The van der Waals surface area contributed by atoms with E-state index in [0.29, 0.717) is 54.6 Å². The first kappa shape index (κ1) is 22.7. The molecule has 9 nitrogen and oxygen atoms in total. The topological polar surface area (TPSA) is 109 Å². The van der Waals surface area contributed by atoms with E-state index in [1.165, 1.54) is 18.7 Å². The molecule has 0 saturated carbocycles. The summed E-state index contributed by atoms with van der Waals surface area (Å²) in [5, 5.41) is 6.48. The number of aromatic nitrogens is 3. The Hall–Kier alpha value is -3.50. The second-order valence-corrected chi connectivity index (χ2v) is 8.24. The van der Waals surface area contributed by atoms with Crippen molar-refractivity contribution in [2.24, 2.45) is 0 Å². The van der Waals surface area contributed by atoms with Crippen LogP contribution in [0.25, 0.3) is 0 Å². The summed E-state index contributed by atoms with van der Waals surface area (Å²) in [5.74, 6) is 0.886. The fourth-order valence-corrected chi connectivity index (χ4v) is 3.77. The first-order chi connectivity index (χ1) is 16.1. The molecule has 4 rings (SSSR count). The van der Waals surface area contributed by atoms with Crippen molar-refractivity contribution in [3.63, 3.8) is 0 Å². The number of carbonyl (C=O) groups is 2. The van der Waals surface area contributed by atoms with Crippen LogP contribution in [0, 0.1) is 0 Å². The number of benzene rings is 2. The molecule has 2 N–H and O–H groups in total. The van der Waals surface area contributed by atoms with E-state index in [-0.39, 0.29) is 17.4 Å². The number of amides is 1. The standard InChI is InChI=1S/C23H24N6O3S/c1-16(30)17-7-9-19(10-8-17)24-20(31)15-33-23-27-21(25-18-5-3-2-4-6-18)26-22(28-23)29-11-13-32-14-12-29/h2-10H,11-15H2,1H3,(H,24,31)(H,25,26,27,28). The molecule has 0 spiro atoms. The minimum absolute atomic E-state index is 0.0192. The van der Waals surface area contributed by atoms with Gasteiger partial charge in [0, 0.05) is 30.0 Å². The van der Waals surface area contributed by atoms with Gasteiger partial charge in [-0.05, 0) is 43.3 Å². The highest BCUT2D eigenvalue weighted by atomic mass is 32.2. The molecular weight excluding hydrogens is 440 g/mol. The molecule has 0 aliphatic carbocycles. The molecular formula is C23H24N6O3S. The first-order valence-corrected chi connectivity index (χ1v) is 11.5. The minimum Gasteiger partial charge on any atom is -0.378 e. The molecule has 1 aliphatic rings. The molecule has 0 bridgehead atoms. The molecule has 1 aliphatic heterocycles. The maximum atomic E-state index is 12.5. The van der Waals surface area contributed by atoms with E-state index >= 15 is 0 Å². The van der Waals surface area contributed by atoms with Crippen LogP contribution in [0.5, 0.6) is 0 Å². The molecule has 3 aromatic rings. The lowest BCUT2D eigenvalue weighted by Crippen LogP contribution is -2.37. The summed E-state index contributed by atoms with van der Waals surface area (Å²) in [6.07, 6.45) is 0. The van der Waals surface area contributed by atoms with Crippen LogP contribution in [0.4, 0.5) is 23.3 Å². The summed E-state index contributed by atoms with van der Waals surface area (Å²) >= 11 is 1.23. The monoisotopic (exact) mass is 464 g/mol. The zero-order valence-corrected chi connectivity index (χ0v) is 19.0. The minimum atomic E-state index is -0.193. The van der Waals surface area contributed by atoms with Gasteiger partial charge in [-0.15, -0.1) is 0 Å². The van der Waals surface area contributed by atoms with Gasteiger partial charge in [-0.1, -0.05) is 30.0 Å². The van der Waals surface area contributed by atoms with Crippen LogP contribution in [0.1, 0.15) is 17.3 Å². The Kier molecular flexibility index (Phi) is 7.48. The number of nitrogens with zero attached hydrogens (tertiary/aromatic N) is 4. The first-order valence-electron chi connectivity index (χ1n) is 10.5. The Balaban J connectivity index is 1.45. The number of carbonyl (C=O) groups excluding carboxylic acids is 2. The summed E-state index contributed by atoms with van der Waals surface area (Å²) in [6.45, 7) is 4.11. The molecule has 0 radical (unpaired) electrons. The van der Waals surface area contributed by atoms with Gasteiger partial charge in [-0.25, -0.2) is 0 Å². The van der Waals surface area contributed by atoms with E-state index in [0.717, 1.165) is 5.69 Å². The Morgan fingerprint density at radius 2 is 1.70 bits per heavy atom. The van der Waals surface area contributed by atoms with Crippen LogP contribution in [0.3, 0.4) is 0 Å². The molecule has 1 fully saturated rings. The maximum absolute atomic E-state index is 12.5. The highest BCUT2D eigenvalue weighted by Crippen LogP contribution is 2.22. The van der Waals surface area contributed by atoms with Crippen molar-refractivity contribution in [3.8, 4) is 0 Å². The molecule has 170 valence electrons. The third-order valence-corrected chi connectivity index (χ3v) is 5.68. The van der Waals surface area contributed by atoms with Crippen molar-refractivity contribution < 1.29 is 14.3 Å². The quantitative estimate of drug-likeness (QED) is 0.383. The Morgan fingerprint density at radius 3 is 2.39 bits per heavy atom. The molecule has 1 saturated heterocycles. The molecule has 1 aromatic heterocycles. The van der Waals surface area contributed by atoms with Gasteiger partial charge in [-0.3, -0.25) is 9.59 Å². The number of hydrogen-bond donors (Lipinski definition) is 2. The van der Waals surface area contributed by atoms with Crippen LogP contribution in [-0.4, -0.2) is 58.7 Å². The van der Waals surface area contributed by atoms with Gasteiger partial charge < -0.3 is 20.3 Å². The van der Waals surface area contributed by atoms with Crippen LogP contribution in [-0.2, 0) is 9.53 Å². The number of morpholine rings is 1.